The molecule has 2 N–H and O–H groups in total. The molecule has 0 radical (unpaired) electrons. The standard InChI is InChI=1S/C12H15N3O3S2/c1-2-19-12-15-14-11(20-12)13-9(16)7-5-3-4-6-8(7)10(17)18/h3-4,7-8H,2,5-6H2,1H3,(H,17,18)(H,13,14,16)/t7-,8-/m1/s1. The monoisotopic (exact) mass is 313 g/mol. The molecular weight excluding hydrogens is 298 g/mol. The van der Waals surface area contributed by atoms with Crippen molar-refractivity contribution in [1.29, 1.82) is 0 Å². The Labute approximate surface area is 124 Å². The number of carbonyl (C=O) groups excluding carboxylic acids is 1. The summed E-state index contributed by atoms with van der Waals surface area (Å²) >= 11 is 2.86. The van der Waals surface area contributed by atoms with Gasteiger partial charge in [0.15, 0.2) is 4.34 Å². The molecule has 1 aliphatic rings. The summed E-state index contributed by atoms with van der Waals surface area (Å²) in [5, 5.41) is 20.1. The van der Waals surface area contributed by atoms with Crippen LogP contribution in [0.15, 0.2) is 16.5 Å². The number of nitrogens with zero attached hydrogens (tertiary/aromatic N) is 2. The third-order valence-electron chi connectivity index (χ3n) is 2.99. The van der Waals surface area contributed by atoms with Gasteiger partial charge in [0.25, 0.3) is 0 Å². The van der Waals surface area contributed by atoms with E-state index in [4.69, 9.17) is 5.11 Å². The fraction of sp³-hybridized carbons (Fsp3) is 0.500. The predicted octanol–water partition coefficient (Wildman–Crippen LogP) is 2.26. The second kappa shape index (κ2) is 6.85. The lowest BCUT2D eigenvalue weighted by Crippen LogP contribution is -2.34. The molecule has 1 aromatic rings. The van der Waals surface area contributed by atoms with Crippen LogP contribution in [0.2, 0.25) is 0 Å². The number of carboxylic acid groups (broad SMARTS) is 1. The Morgan fingerprint density at radius 3 is 2.75 bits per heavy atom. The van der Waals surface area contributed by atoms with Gasteiger partial charge in [-0.05, 0) is 18.6 Å². The van der Waals surface area contributed by atoms with E-state index >= 15 is 0 Å². The first kappa shape index (κ1) is 15.0. The highest BCUT2D eigenvalue weighted by molar-refractivity contribution is 8.01. The van der Waals surface area contributed by atoms with E-state index in [0.29, 0.717) is 18.0 Å². The third-order valence-corrected chi connectivity index (χ3v) is 4.84. The van der Waals surface area contributed by atoms with Crippen molar-refractivity contribution in [2.24, 2.45) is 11.8 Å². The lowest BCUT2D eigenvalue weighted by molar-refractivity contribution is -0.146. The van der Waals surface area contributed by atoms with Gasteiger partial charge in [0.2, 0.25) is 11.0 Å². The minimum Gasteiger partial charge on any atom is -0.481 e. The molecule has 108 valence electrons. The van der Waals surface area contributed by atoms with Gasteiger partial charge in [-0.25, -0.2) is 0 Å². The molecule has 8 heteroatoms. The molecule has 1 aromatic heterocycles. The molecule has 0 fully saturated rings. The Morgan fingerprint density at radius 1 is 1.40 bits per heavy atom. The van der Waals surface area contributed by atoms with Crippen LogP contribution in [0, 0.1) is 11.8 Å². The highest BCUT2D eigenvalue weighted by atomic mass is 32.2. The van der Waals surface area contributed by atoms with E-state index in [2.05, 4.69) is 15.5 Å². The number of hydrogen-bond donors (Lipinski definition) is 2. The molecular formula is C12H15N3O3S2. The van der Waals surface area contributed by atoms with Crippen molar-refractivity contribution in [1.82, 2.24) is 10.2 Å². The molecule has 0 bridgehead atoms. The molecule has 6 nitrogen and oxygen atoms in total. The van der Waals surface area contributed by atoms with Gasteiger partial charge in [0.1, 0.15) is 0 Å². The van der Waals surface area contributed by atoms with Crippen molar-refractivity contribution in [3.8, 4) is 0 Å². The Balaban J connectivity index is 2.02. The minimum atomic E-state index is -0.936. The SMILES string of the molecule is CCSc1nnc(NC(=O)[C@@H]2CC=CC[C@H]2C(=O)O)s1. The summed E-state index contributed by atoms with van der Waals surface area (Å²) in [4.78, 5) is 23.3. The first-order chi connectivity index (χ1) is 9.61. The number of rotatable bonds is 5. The van der Waals surface area contributed by atoms with Crippen molar-refractivity contribution in [2.45, 2.75) is 24.1 Å². The van der Waals surface area contributed by atoms with Crippen LogP contribution in [0.5, 0.6) is 0 Å². The van der Waals surface area contributed by atoms with Gasteiger partial charge >= 0.3 is 5.97 Å². The van der Waals surface area contributed by atoms with Crippen molar-refractivity contribution in [2.75, 3.05) is 11.1 Å². The predicted molar refractivity (Wildman–Crippen MR) is 77.9 cm³/mol. The van der Waals surface area contributed by atoms with E-state index in [9.17, 15) is 9.59 Å². The zero-order chi connectivity index (χ0) is 14.5. The summed E-state index contributed by atoms with van der Waals surface area (Å²) in [5.74, 6) is -1.57. The van der Waals surface area contributed by atoms with Crippen LogP contribution in [0.3, 0.4) is 0 Å². The van der Waals surface area contributed by atoms with E-state index < -0.39 is 17.8 Å². The maximum absolute atomic E-state index is 12.2. The zero-order valence-corrected chi connectivity index (χ0v) is 12.5. The maximum Gasteiger partial charge on any atom is 0.307 e. The van der Waals surface area contributed by atoms with E-state index in [1.54, 1.807) is 11.8 Å². The fourth-order valence-corrected chi connectivity index (χ4v) is 3.67. The quantitative estimate of drug-likeness (QED) is 0.492. The molecule has 0 unspecified atom stereocenters. The number of aliphatic carboxylic acids is 1. The molecule has 0 saturated carbocycles. The average Bonchev–Trinajstić information content (AvgIpc) is 2.86. The van der Waals surface area contributed by atoms with Gasteiger partial charge in [0.05, 0.1) is 11.8 Å². The number of thioether (sulfide) groups is 1. The van der Waals surface area contributed by atoms with Crippen molar-refractivity contribution < 1.29 is 14.7 Å². The summed E-state index contributed by atoms with van der Waals surface area (Å²) < 4.78 is 0.793. The van der Waals surface area contributed by atoms with E-state index in [1.165, 1.54) is 11.3 Å². The minimum absolute atomic E-state index is 0.300. The van der Waals surface area contributed by atoms with Crippen LogP contribution in [0.1, 0.15) is 19.8 Å². The summed E-state index contributed by atoms with van der Waals surface area (Å²) in [5.41, 5.74) is 0. The average molecular weight is 313 g/mol. The Bertz CT molecular complexity index is 530. The zero-order valence-electron chi connectivity index (χ0n) is 10.9. The Hall–Kier alpha value is -1.41. The molecule has 1 heterocycles. The summed E-state index contributed by atoms with van der Waals surface area (Å²) in [6, 6.07) is 0. The smallest absolute Gasteiger partial charge is 0.307 e. The fourth-order valence-electron chi connectivity index (χ4n) is 2.02. The number of allylic oxidation sites excluding steroid dienone is 2. The Kier molecular flexibility index (Phi) is 5.13. The summed E-state index contributed by atoms with van der Waals surface area (Å²) in [6.07, 6.45) is 4.49. The highest BCUT2D eigenvalue weighted by Crippen LogP contribution is 2.29. The van der Waals surface area contributed by atoms with Crippen LogP contribution >= 0.6 is 23.1 Å². The van der Waals surface area contributed by atoms with E-state index in [0.717, 1.165) is 10.1 Å². The lowest BCUT2D eigenvalue weighted by Gasteiger charge is -2.23. The third kappa shape index (κ3) is 3.57. The van der Waals surface area contributed by atoms with Gasteiger partial charge in [-0.1, -0.05) is 42.2 Å². The molecule has 20 heavy (non-hydrogen) atoms. The molecule has 0 aromatic carbocycles. The largest absolute Gasteiger partial charge is 0.481 e. The van der Waals surface area contributed by atoms with Crippen LogP contribution in [-0.4, -0.2) is 32.9 Å². The second-order valence-corrected chi connectivity index (χ2v) is 6.78. The van der Waals surface area contributed by atoms with Crippen LogP contribution in [0.25, 0.3) is 0 Å². The first-order valence-electron chi connectivity index (χ1n) is 6.26. The molecule has 1 aliphatic carbocycles. The molecule has 1 amide bonds. The second-order valence-electron chi connectivity index (χ2n) is 4.29. The molecule has 0 aliphatic heterocycles. The van der Waals surface area contributed by atoms with Gasteiger partial charge in [-0.15, -0.1) is 10.2 Å². The van der Waals surface area contributed by atoms with Crippen LogP contribution < -0.4 is 5.32 Å². The highest BCUT2D eigenvalue weighted by Gasteiger charge is 2.34. The van der Waals surface area contributed by atoms with Crippen LogP contribution in [0.4, 0.5) is 5.13 Å². The molecule has 0 spiro atoms. The summed E-state index contributed by atoms with van der Waals surface area (Å²) in [7, 11) is 0. The van der Waals surface area contributed by atoms with E-state index in [1.807, 2.05) is 19.1 Å². The van der Waals surface area contributed by atoms with Crippen molar-refractivity contribution in [3.63, 3.8) is 0 Å². The maximum atomic E-state index is 12.2. The molecule has 2 atom stereocenters. The number of hydrogen-bond acceptors (Lipinski definition) is 6. The number of anilines is 1. The van der Waals surface area contributed by atoms with Crippen molar-refractivity contribution >= 4 is 40.1 Å². The number of nitrogens with one attached hydrogen (secondary N) is 1. The van der Waals surface area contributed by atoms with Gasteiger partial charge in [0, 0.05) is 0 Å². The number of carbonyl (C=O) groups is 2. The number of amides is 1. The topological polar surface area (TPSA) is 92.2 Å². The number of carboxylic acids is 1. The first-order valence-corrected chi connectivity index (χ1v) is 8.07. The van der Waals surface area contributed by atoms with E-state index in [-0.39, 0.29) is 5.91 Å². The molecule has 0 saturated heterocycles. The normalized spacial score (nSPS) is 21.6. The van der Waals surface area contributed by atoms with Gasteiger partial charge < -0.3 is 10.4 Å². The van der Waals surface area contributed by atoms with Gasteiger partial charge in [-0.3, -0.25) is 9.59 Å². The van der Waals surface area contributed by atoms with Gasteiger partial charge in [-0.2, -0.15) is 0 Å². The molecule has 2 rings (SSSR count). The Morgan fingerprint density at radius 2 is 2.10 bits per heavy atom. The van der Waals surface area contributed by atoms with Crippen molar-refractivity contribution in [3.05, 3.63) is 12.2 Å². The van der Waals surface area contributed by atoms with Crippen LogP contribution in [-0.2, 0) is 9.59 Å². The number of aromatic nitrogens is 2. The lowest BCUT2D eigenvalue weighted by atomic mass is 9.82. The summed E-state index contributed by atoms with van der Waals surface area (Å²) in [6.45, 7) is 2.01.